The van der Waals surface area contributed by atoms with Crippen LogP contribution in [0.1, 0.15) is 30.8 Å². The average Bonchev–Trinajstić information content (AvgIpc) is 3.06. The van der Waals surface area contributed by atoms with Crippen LogP contribution in [0.4, 0.5) is 0 Å². The molecule has 28 heavy (non-hydrogen) atoms. The summed E-state index contributed by atoms with van der Waals surface area (Å²) in [5.41, 5.74) is 2.32. The maximum absolute atomic E-state index is 13.2. The second-order valence-corrected chi connectivity index (χ2v) is 10.4. The quantitative estimate of drug-likeness (QED) is 0.616. The van der Waals surface area contributed by atoms with Gasteiger partial charge in [0.1, 0.15) is 21.8 Å². The summed E-state index contributed by atoms with van der Waals surface area (Å²) in [5, 5.41) is 0. The fourth-order valence-electron chi connectivity index (χ4n) is 4.05. The number of fused-ring (bicyclic) bond motifs is 1. The first-order valence-electron chi connectivity index (χ1n) is 9.75. The second-order valence-electron chi connectivity index (χ2n) is 7.98. The predicted molar refractivity (Wildman–Crippen MR) is 108 cm³/mol. The van der Waals surface area contributed by atoms with E-state index in [0.717, 1.165) is 42.9 Å². The third-order valence-corrected chi connectivity index (χ3v) is 8.30. The van der Waals surface area contributed by atoms with E-state index in [1.54, 1.807) is 22.5 Å². The Kier molecular flexibility index (Phi) is 4.48. The monoisotopic (exact) mass is 417 g/mol. The van der Waals surface area contributed by atoms with Gasteiger partial charge in [0.25, 0.3) is 0 Å². The van der Waals surface area contributed by atoms with Gasteiger partial charge in [0.2, 0.25) is 10.0 Å². The lowest BCUT2D eigenvalue weighted by atomic mass is 10.0. The highest BCUT2D eigenvalue weighted by Crippen LogP contribution is 2.33. The minimum atomic E-state index is -3.56. The van der Waals surface area contributed by atoms with Crippen molar-refractivity contribution in [2.75, 3.05) is 13.1 Å². The molecule has 1 aromatic carbocycles. The third kappa shape index (κ3) is 3.25. The van der Waals surface area contributed by atoms with Gasteiger partial charge >= 0.3 is 0 Å². The third-order valence-electron chi connectivity index (χ3n) is 5.86. The molecule has 1 aliphatic carbocycles. The number of rotatable bonds is 6. The van der Waals surface area contributed by atoms with Gasteiger partial charge < -0.3 is 4.57 Å². The van der Waals surface area contributed by atoms with Gasteiger partial charge in [-0.25, -0.2) is 13.4 Å². The number of aromatic nitrogens is 4. The highest BCUT2D eigenvalue weighted by molar-refractivity contribution is 7.89. The van der Waals surface area contributed by atoms with E-state index < -0.39 is 10.0 Å². The molecule has 3 aromatic rings. The van der Waals surface area contributed by atoms with Crippen molar-refractivity contribution >= 4 is 32.8 Å². The Hall–Kier alpha value is -1.84. The lowest BCUT2D eigenvalue weighted by molar-refractivity contribution is 0.448. The molecule has 2 aromatic heterocycles. The summed E-state index contributed by atoms with van der Waals surface area (Å²) in [6.07, 6.45) is 6.25. The molecule has 3 heterocycles. The number of hydrogen-bond acceptors (Lipinski definition) is 6. The number of aryl methyl sites for hydroxylation is 1. The van der Waals surface area contributed by atoms with E-state index in [0.29, 0.717) is 30.0 Å². The molecule has 1 saturated heterocycles. The van der Waals surface area contributed by atoms with E-state index in [1.165, 1.54) is 18.5 Å². The van der Waals surface area contributed by atoms with E-state index in [2.05, 4.69) is 25.2 Å². The largest absolute Gasteiger partial charge is 0.332 e. The van der Waals surface area contributed by atoms with Crippen LogP contribution in [0.25, 0.3) is 11.0 Å². The number of nitrogens with zero attached hydrogens (tertiary/aromatic N) is 5. The van der Waals surface area contributed by atoms with Gasteiger partial charge in [0, 0.05) is 37.9 Å². The molecular weight excluding hydrogens is 394 g/mol. The molecular formula is C19H23N5O2S2. The standard InChI is InChI=1S/C19H23N5O2S2/c1-13-10-20-18(24(13)12-14-5-6-14)9-15-7-8-23(11-15)28(25,26)17-4-2-3-16-19(17)22-27-21-16/h2-4,10,14-15H,5-9,11-12H2,1H3. The maximum Gasteiger partial charge on any atom is 0.245 e. The zero-order valence-electron chi connectivity index (χ0n) is 15.8. The van der Waals surface area contributed by atoms with E-state index in [4.69, 9.17) is 0 Å². The topological polar surface area (TPSA) is 81.0 Å². The Balaban J connectivity index is 1.34. The molecule has 0 spiro atoms. The normalized spacial score (nSPS) is 21.0. The summed E-state index contributed by atoms with van der Waals surface area (Å²) in [6.45, 7) is 4.23. The maximum atomic E-state index is 13.2. The van der Waals surface area contributed by atoms with Crippen LogP contribution in [-0.2, 0) is 23.0 Å². The first-order valence-corrected chi connectivity index (χ1v) is 11.9. The summed E-state index contributed by atoms with van der Waals surface area (Å²) in [4.78, 5) is 4.89. The van der Waals surface area contributed by atoms with Crippen LogP contribution in [0.2, 0.25) is 0 Å². The minimum Gasteiger partial charge on any atom is -0.332 e. The molecule has 0 amide bonds. The van der Waals surface area contributed by atoms with E-state index in [9.17, 15) is 8.42 Å². The van der Waals surface area contributed by atoms with Gasteiger partial charge in [-0.2, -0.15) is 13.1 Å². The van der Waals surface area contributed by atoms with Crippen molar-refractivity contribution in [3.05, 3.63) is 35.9 Å². The molecule has 148 valence electrons. The van der Waals surface area contributed by atoms with Crippen molar-refractivity contribution in [2.24, 2.45) is 11.8 Å². The Bertz CT molecular complexity index is 1120. The Labute approximate surface area is 168 Å². The average molecular weight is 418 g/mol. The van der Waals surface area contributed by atoms with Crippen molar-refractivity contribution in [3.8, 4) is 0 Å². The van der Waals surface area contributed by atoms with Gasteiger partial charge in [-0.15, -0.1) is 0 Å². The molecule has 7 nitrogen and oxygen atoms in total. The summed E-state index contributed by atoms with van der Waals surface area (Å²) >= 11 is 1.05. The van der Waals surface area contributed by atoms with E-state index in [1.807, 2.05) is 6.20 Å². The van der Waals surface area contributed by atoms with Crippen molar-refractivity contribution in [2.45, 2.75) is 44.0 Å². The van der Waals surface area contributed by atoms with Crippen LogP contribution >= 0.6 is 11.7 Å². The molecule has 5 rings (SSSR count). The highest BCUT2D eigenvalue weighted by atomic mass is 32.2. The Morgan fingerprint density at radius 2 is 2.04 bits per heavy atom. The molecule has 1 atom stereocenters. The molecule has 2 fully saturated rings. The van der Waals surface area contributed by atoms with Crippen molar-refractivity contribution in [1.82, 2.24) is 22.6 Å². The van der Waals surface area contributed by atoms with Crippen molar-refractivity contribution in [1.29, 1.82) is 0 Å². The number of benzene rings is 1. The van der Waals surface area contributed by atoms with Crippen LogP contribution in [0, 0.1) is 18.8 Å². The van der Waals surface area contributed by atoms with Crippen LogP contribution in [0.3, 0.4) is 0 Å². The first-order chi connectivity index (χ1) is 13.5. The van der Waals surface area contributed by atoms with Gasteiger partial charge in [-0.3, -0.25) is 0 Å². The second kappa shape index (κ2) is 6.89. The lowest BCUT2D eigenvalue weighted by Gasteiger charge is -2.17. The number of hydrogen-bond donors (Lipinski definition) is 0. The lowest BCUT2D eigenvalue weighted by Crippen LogP contribution is -2.29. The Morgan fingerprint density at radius 3 is 2.86 bits per heavy atom. The number of imidazole rings is 1. The van der Waals surface area contributed by atoms with Crippen LogP contribution in [0.15, 0.2) is 29.3 Å². The fraction of sp³-hybridized carbons (Fsp3) is 0.526. The molecule has 0 radical (unpaired) electrons. The highest BCUT2D eigenvalue weighted by Gasteiger charge is 2.35. The van der Waals surface area contributed by atoms with Crippen LogP contribution in [0.5, 0.6) is 0 Å². The van der Waals surface area contributed by atoms with Gasteiger partial charge in [0.05, 0.1) is 11.7 Å². The van der Waals surface area contributed by atoms with E-state index in [-0.39, 0.29) is 4.90 Å². The summed E-state index contributed by atoms with van der Waals surface area (Å²) in [6, 6.07) is 5.17. The summed E-state index contributed by atoms with van der Waals surface area (Å²) in [5.74, 6) is 2.18. The summed E-state index contributed by atoms with van der Waals surface area (Å²) in [7, 11) is -3.56. The molecule has 2 aliphatic rings. The zero-order valence-corrected chi connectivity index (χ0v) is 17.4. The summed E-state index contributed by atoms with van der Waals surface area (Å²) < 4.78 is 38.7. The van der Waals surface area contributed by atoms with Crippen LogP contribution in [-0.4, -0.2) is 44.1 Å². The molecule has 1 saturated carbocycles. The van der Waals surface area contributed by atoms with Gasteiger partial charge in [-0.05, 0) is 50.2 Å². The molecule has 1 aliphatic heterocycles. The molecule has 1 unspecified atom stereocenters. The SMILES string of the molecule is Cc1cnc(CC2CCN(S(=O)(=O)c3cccc4nsnc34)C2)n1CC1CC1. The smallest absolute Gasteiger partial charge is 0.245 e. The molecule has 0 N–H and O–H groups in total. The fourth-order valence-corrected chi connectivity index (χ4v) is 6.33. The van der Waals surface area contributed by atoms with Crippen LogP contribution < -0.4 is 0 Å². The number of sulfonamides is 1. The zero-order chi connectivity index (χ0) is 19.3. The predicted octanol–water partition coefficient (Wildman–Crippen LogP) is 2.86. The molecule has 0 bridgehead atoms. The van der Waals surface area contributed by atoms with Crippen molar-refractivity contribution < 1.29 is 8.42 Å². The minimum absolute atomic E-state index is 0.269. The first kappa shape index (κ1) is 18.2. The van der Waals surface area contributed by atoms with Gasteiger partial charge in [-0.1, -0.05) is 6.07 Å². The Morgan fingerprint density at radius 1 is 1.18 bits per heavy atom. The van der Waals surface area contributed by atoms with Crippen molar-refractivity contribution in [3.63, 3.8) is 0 Å². The van der Waals surface area contributed by atoms with Gasteiger partial charge in [0.15, 0.2) is 0 Å². The van der Waals surface area contributed by atoms with E-state index >= 15 is 0 Å². The molecule has 9 heteroatoms.